The number of aliphatic hydroxyl groups excluding tert-OH is 15. The van der Waals surface area contributed by atoms with Gasteiger partial charge in [-0.15, -0.1) is 0 Å². The molecule has 26 heteroatoms. The van der Waals surface area contributed by atoms with Crippen molar-refractivity contribution in [2.45, 2.75) is 167 Å². The van der Waals surface area contributed by atoms with Crippen molar-refractivity contribution in [2.24, 2.45) is 0 Å². The van der Waals surface area contributed by atoms with Gasteiger partial charge in [0.25, 0.3) is 0 Å². The molecule has 0 aromatic rings. The van der Waals surface area contributed by atoms with Gasteiger partial charge in [-0.05, 0) is 6.92 Å². The molecule has 0 spiro atoms. The Bertz CT molecular complexity index is 1300. The lowest BCUT2D eigenvalue weighted by Crippen LogP contribution is -2.70. The van der Waals surface area contributed by atoms with Crippen molar-refractivity contribution in [1.82, 2.24) is 5.32 Å². The molecule has 0 aliphatic carbocycles. The molecule has 0 unspecified atom stereocenters. The van der Waals surface area contributed by atoms with Crippen molar-refractivity contribution in [2.75, 3.05) is 26.4 Å². The van der Waals surface area contributed by atoms with E-state index in [0.29, 0.717) is 0 Å². The lowest BCUT2D eigenvalue weighted by Gasteiger charge is -2.50. The van der Waals surface area contributed by atoms with Crippen molar-refractivity contribution in [1.29, 1.82) is 0 Å². The van der Waals surface area contributed by atoms with E-state index in [0.717, 1.165) is 6.92 Å². The second kappa shape index (κ2) is 20.1. The number of aliphatic hydroxyl groups is 15. The third-order valence-electron chi connectivity index (χ3n) is 10.7. The molecular weight excluding hydrogens is 798 g/mol. The van der Waals surface area contributed by atoms with E-state index in [4.69, 9.17) is 42.6 Å². The largest absolute Gasteiger partial charge is 0.394 e. The number of nitrogens with one attached hydrogen (secondary N) is 1. The molecule has 338 valence electrons. The van der Waals surface area contributed by atoms with Gasteiger partial charge in [0.1, 0.15) is 116 Å². The van der Waals surface area contributed by atoms with Gasteiger partial charge in [-0.1, -0.05) is 0 Å². The Balaban J connectivity index is 1.42. The van der Waals surface area contributed by atoms with Crippen molar-refractivity contribution < 1.29 is 124 Å². The topological polar surface area (TPSA) is 416 Å². The molecule has 0 bridgehead atoms. The van der Waals surface area contributed by atoms with Crippen molar-refractivity contribution >= 4 is 5.91 Å². The molecule has 0 saturated carbocycles. The Morgan fingerprint density at radius 2 is 0.931 bits per heavy atom. The number of carbonyl (C=O) groups excluding carboxylic acids is 1. The molecule has 26 nitrogen and oxygen atoms in total. The first-order valence-electron chi connectivity index (χ1n) is 18.5. The normalized spacial score (nSPS) is 51.6. The van der Waals surface area contributed by atoms with Crippen LogP contribution in [-0.2, 0) is 47.4 Å². The van der Waals surface area contributed by atoms with Crippen LogP contribution in [0.5, 0.6) is 0 Å². The summed E-state index contributed by atoms with van der Waals surface area (Å²) in [6.45, 7) is -1.07. The zero-order valence-electron chi connectivity index (χ0n) is 31.1. The van der Waals surface area contributed by atoms with Gasteiger partial charge in [0.05, 0.1) is 32.5 Å². The fourth-order valence-corrected chi connectivity index (χ4v) is 7.27. The van der Waals surface area contributed by atoms with Crippen LogP contribution < -0.4 is 5.32 Å². The molecule has 5 rings (SSSR count). The van der Waals surface area contributed by atoms with E-state index in [1.54, 1.807) is 0 Å². The van der Waals surface area contributed by atoms with E-state index in [1.807, 2.05) is 0 Å². The molecule has 58 heavy (non-hydrogen) atoms. The Labute approximate surface area is 329 Å². The smallest absolute Gasteiger partial charge is 0.217 e. The van der Waals surface area contributed by atoms with E-state index in [-0.39, 0.29) is 0 Å². The summed E-state index contributed by atoms with van der Waals surface area (Å²) in [5, 5.41) is 158. The van der Waals surface area contributed by atoms with Crippen LogP contribution in [0.1, 0.15) is 13.8 Å². The van der Waals surface area contributed by atoms with E-state index in [9.17, 15) is 81.4 Å². The molecule has 5 heterocycles. The molecule has 0 aromatic carbocycles. The molecule has 1 amide bonds. The van der Waals surface area contributed by atoms with Crippen molar-refractivity contribution in [3.05, 3.63) is 0 Å². The van der Waals surface area contributed by atoms with E-state index in [1.165, 1.54) is 6.92 Å². The minimum absolute atomic E-state index is 0.779. The standard InChI is InChI=1S/C32H55NO25/c1-7-14(38)17(41)22(46)30(51-7)58-27-13(33-8(2)37)29(54-11(5-36)26(27)57-31-23(47)18(42)15(39)9(3-34)53-31)50-6-12-16(40)19(43)24(48)32(55-12)56-25-10(4-35)52-28(49)21(45)20(25)44/h7,9-32,34-36,38-49H,3-6H2,1-2H3,(H,33,37)/t7-,9+,10+,11+,12+,13+,14+,15-,16-,17+,18-,19-,20+,21+,22-,23+,24+,25+,26+,27+,28+,29+,30-,31-,32-/m0/s1. The molecule has 0 radical (unpaired) electrons. The van der Waals surface area contributed by atoms with Gasteiger partial charge >= 0.3 is 0 Å². The fraction of sp³-hybridized carbons (Fsp3) is 0.969. The first kappa shape index (κ1) is 47.6. The van der Waals surface area contributed by atoms with Gasteiger partial charge in [0.15, 0.2) is 31.5 Å². The molecular formula is C32H55NO25. The highest BCUT2D eigenvalue weighted by Gasteiger charge is 2.56. The van der Waals surface area contributed by atoms with Crippen LogP contribution in [-0.4, -0.2) is 262 Å². The second-order valence-electron chi connectivity index (χ2n) is 14.7. The van der Waals surface area contributed by atoms with Crippen LogP contribution in [0.4, 0.5) is 0 Å². The highest BCUT2D eigenvalue weighted by molar-refractivity contribution is 5.73. The number of rotatable bonds is 13. The minimum Gasteiger partial charge on any atom is -0.394 e. The predicted octanol–water partition coefficient (Wildman–Crippen LogP) is -10.8. The summed E-state index contributed by atoms with van der Waals surface area (Å²) in [5.41, 5.74) is 0. The maximum absolute atomic E-state index is 12.7. The average molecular weight is 854 g/mol. The number of carbonyl (C=O) groups is 1. The number of hydrogen-bond donors (Lipinski definition) is 16. The van der Waals surface area contributed by atoms with E-state index in [2.05, 4.69) is 5.32 Å². The van der Waals surface area contributed by atoms with Gasteiger partial charge in [0.2, 0.25) is 5.91 Å². The molecule has 5 saturated heterocycles. The lowest BCUT2D eigenvalue weighted by molar-refractivity contribution is -0.378. The minimum atomic E-state index is -2.03. The zero-order valence-corrected chi connectivity index (χ0v) is 31.1. The summed E-state index contributed by atoms with van der Waals surface area (Å²) in [6, 6.07) is -1.61. The van der Waals surface area contributed by atoms with Gasteiger partial charge < -0.3 is 125 Å². The second-order valence-corrected chi connectivity index (χ2v) is 14.7. The Morgan fingerprint density at radius 3 is 1.48 bits per heavy atom. The summed E-state index contributed by atoms with van der Waals surface area (Å²) in [7, 11) is 0. The van der Waals surface area contributed by atoms with Gasteiger partial charge in [-0.3, -0.25) is 4.79 Å². The van der Waals surface area contributed by atoms with Crippen LogP contribution in [0.3, 0.4) is 0 Å². The Hall–Kier alpha value is -1.49. The van der Waals surface area contributed by atoms with Gasteiger partial charge in [0, 0.05) is 6.92 Å². The molecule has 16 N–H and O–H groups in total. The Morgan fingerprint density at radius 1 is 0.483 bits per heavy atom. The maximum Gasteiger partial charge on any atom is 0.217 e. The summed E-state index contributed by atoms with van der Waals surface area (Å²) in [6.07, 6.45) is -42.7. The third-order valence-corrected chi connectivity index (χ3v) is 10.7. The van der Waals surface area contributed by atoms with Crippen LogP contribution in [0.2, 0.25) is 0 Å². The van der Waals surface area contributed by atoms with Crippen LogP contribution >= 0.6 is 0 Å². The summed E-state index contributed by atoms with van der Waals surface area (Å²) < 4.78 is 51.2. The van der Waals surface area contributed by atoms with Crippen LogP contribution in [0, 0.1) is 0 Å². The third kappa shape index (κ3) is 9.91. The summed E-state index contributed by atoms with van der Waals surface area (Å²) in [5.74, 6) is -0.779. The fourth-order valence-electron chi connectivity index (χ4n) is 7.27. The van der Waals surface area contributed by atoms with Gasteiger partial charge in [-0.2, -0.15) is 0 Å². The van der Waals surface area contributed by atoms with E-state index < -0.39 is 186 Å². The molecule has 5 aliphatic rings. The first-order valence-corrected chi connectivity index (χ1v) is 18.5. The highest BCUT2D eigenvalue weighted by Crippen LogP contribution is 2.35. The number of hydrogen-bond acceptors (Lipinski definition) is 25. The van der Waals surface area contributed by atoms with Crippen molar-refractivity contribution in [3.8, 4) is 0 Å². The zero-order chi connectivity index (χ0) is 42.9. The first-order chi connectivity index (χ1) is 27.3. The summed E-state index contributed by atoms with van der Waals surface area (Å²) >= 11 is 0. The summed E-state index contributed by atoms with van der Waals surface area (Å²) in [4.78, 5) is 12.7. The van der Waals surface area contributed by atoms with Crippen LogP contribution in [0.15, 0.2) is 0 Å². The van der Waals surface area contributed by atoms with E-state index >= 15 is 0 Å². The molecule has 25 atom stereocenters. The maximum atomic E-state index is 12.7. The van der Waals surface area contributed by atoms with Gasteiger partial charge in [-0.25, -0.2) is 0 Å². The number of amides is 1. The monoisotopic (exact) mass is 853 g/mol. The molecule has 5 aliphatic heterocycles. The Kier molecular flexibility index (Phi) is 16.5. The lowest BCUT2D eigenvalue weighted by atomic mass is 9.94. The SMILES string of the molecule is CC(=O)N[C@H]1[C@H](OC[C@H]2O[C@@H](O[C@H]3[C@H](O)[C@@H](O)[C@H](O)O[C@@H]3CO)[C@H](O)[C@@H](O)[C@H]2O)O[C@H](CO)[C@@H](O[C@@H]2O[C@H](CO)[C@H](O)[C@H](O)[C@H]2O)[C@@H]1O[C@@H]1O[C@@H](C)[C@@H](O)[C@@H](O)[C@@H]1O. The molecule has 0 aromatic heterocycles. The quantitative estimate of drug-likeness (QED) is 0.0818. The van der Waals surface area contributed by atoms with Crippen molar-refractivity contribution in [3.63, 3.8) is 0 Å². The molecule has 5 fully saturated rings. The average Bonchev–Trinajstić information content (AvgIpc) is 3.19. The number of ether oxygens (including phenoxy) is 9. The highest BCUT2D eigenvalue weighted by atomic mass is 16.8. The predicted molar refractivity (Wildman–Crippen MR) is 177 cm³/mol. The van der Waals surface area contributed by atoms with Crippen LogP contribution in [0.25, 0.3) is 0 Å².